The van der Waals surface area contributed by atoms with Crippen molar-refractivity contribution in [2.24, 2.45) is 5.73 Å². The minimum absolute atomic E-state index is 0.341. The summed E-state index contributed by atoms with van der Waals surface area (Å²) in [7, 11) is 2.06. The van der Waals surface area contributed by atoms with E-state index in [0.29, 0.717) is 10.0 Å². The molecule has 0 radical (unpaired) electrons. The molecule has 0 bridgehead atoms. The SMILES string of the molecule is CCCCN(C)c1ccc(C(N)=S)c(Cl)c1. The molecule has 0 aliphatic carbocycles. The van der Waals surface area contributed by atoms with Gasteiger partial charge in [-0.05, 0) is 24.6 Å². The standard InChI is InChI=1S/C12H17ClN2S/c1-3-4-7-15(2)9-5-6-10(12(14)16)11(13)8-9/h5-6,8H,3-4,7H2,1-2H3,(H2,14,16). The van der Waals surface area contributed by atoms with Gasteiger partial charge >= 0.3 is 0 Å². The van der Waals surface area contributed by atoms with Crippen molar-refractivity contribution in [1.82, 2.24) is 0 Å². The number of anilines is 1. The monoisotopic (exact) mass is 256 g/mol. The van der Waals surface area contributed by atoms with E-state index in [9.17, 15) is 0 Å². The molecular weight excluding hydrogens is 240 g/mol. The van der Waals surface area contributed by atoms with E-state index in [1.165, 1.54) is 12.8 Å². The van der Waals surface area contributed by atoms with Gasteiger partial charge in [-0.2, -0.15) is 0 Å². The molecule has 0 heterocycles. The fourth-order valence-electron chi connectivity index (χ4n) is 1.47. The highest BCUT2D eigenvalue weighted by Gasteiger charge is 2.06. The Kier molecular flexibility index (Phi) is 5.03. The lowest BCUT2D eigenvalue weighted by Crippen LogP contribution is -2.18. The lowest BCUT2D eigenvalue weighted by molar-refractivity contribution is 0.767. The van der Waals surface area contributed by atoms with Crippen LogP contribution in [0.5, 0.6) is 0 Å². The van der Waals surface area contributed by atoms with E-state index in [4.69, 9.17) is 29.6 Å². The Bertz CT molecular complexity index is 379. The van der Waals surface area contributed by atoms with E-state index in [0.717, 1.165) is 17.8 Å². The van der Waals surface area contributed by atoms with Gasteiger partial charge in [0, 0.05) is 24.8 Å². The highest BCUT2D eigenvalue weighted by atomic mass is 35.5. The number of hydrogen-bond acceptors (Lipinski definition) is 2. The van der Waals surface area contributed by atoms with Gasteiger partial charge in [0.05, 0.1) is 5.02 Å². The lowest BCUT2D eigenvalue weighted by Gasteiger charge is -2.19. The molecule has 1 aromatic carbocycles. The Hall–Kier alpha value is -0.800. The van der Waals surface area contributed by atoms with Gasteiger partial charge in [0.25, 0.3) is 0 Å². The molecular formula is C12H17ClN2S. The van der Waals surface area contributed by atoms with Crippen LogP contribution in [0.25, 0.3) is 0 Å². The molecule has 1 rings (SSSR count). The minimum Gasteiger partial charge on any atom is -0.389 e. The van der Waals surface area contributed by atoms with Crippen molar-refractivity contribution in [2.75, 3.05) is 18.5 Å². The lowest BCUT2D eigenvalue weighted by atomic mass is 10.2. The summed E-state index contributed by atoms with van der Waals surface area (Å²) in [6.07, 6.45) is 2.36. The van der Waals surface area contributed by atoms with Crippen molar-refractivity contribution in [3.63, 3.8) is 0 Å². The zero-order chi connectivity index (χ0) is 12.1. The molecule has 0 aromatic heterocycles. The van der Waals surface area contributed by atoms with E-state index < -0.39 is 0 Å². The molecule has 2 nitrogen and oxygen atoms in total. The maximum absolute atomic E-state index is 6.11. The second-order valence-electron chi connectivity index (χ2n) is 3.80. The molecule has 0 saturated heterocycles. The van der Waals surface area contributed by atoms with Crippen LogP contribution in [0.15, 0.2) is 18.2 Å². The summed E-state index contributed by atoms with van der Waals surface area (Å²) in [6.45, 7) is 3.20. The molecule has 0 aliphatic rings. The first-order valence-electron chi connectivity index (χ1n) is 5.36. The molecule has 0 atom stereocenters. The summed E-state index contributed by atoms with van der Waals surface area (Å²) in [4.78, 5) is 2.52. The van der Waals surface area contributed by atoms with E-state index in [1.54, 1.807) is 0 Å². The predicted molar refractivity (Wildman–Crippen MR) is 75.5 cm³/mol. The van der Waals surface area contributed by atoms with E-state index in [2.05, 4.69) is 18.9 Å². The molecule has 1 aromatic rings. The fourth-order valence-corrected chi connectivity index (χ4v) is 1.98. The molecule has 0 aliphatic heterocycles. The van der Waals surface area contributed by atoms with Crippen molar-refractivity contribution in [3.8, 4) is 0 Å². The second kappa shape index (κ2) is 6.06. The van der Waals surface area contributed by atoms with Crippen molar-refractivity contribution in [2.45, 2.75) is 19.8 Å². The molecule has 4 heteroatoms. The third-order valence-corrected chi connectivity index (χ3v) is 3.04. The van der Waals surface area contributed by atoms with Crippen LogP contribution in [0.4, 0.5) is 5.69 Å². The third-order valence-electron chi connectivity index (χ3n) is 2.51. The summed E-state index contributed by atoms with van der Waals surface area (Å²) >= 11 is 11.0. The van der Waals surface area contributed by atoms with Gasteiger partial charge < -0.3 is 10.6 Å². The zero-order valence-corrected chi connectivity index (χ0v) is 11.2. The Balaban J connectivity index is 2.84. The maximum Gasteiger partial charge on any atom is 0.105 e. The van der Waals surface area contributed by atoms with Crippen LogP contribution >= 0.6 is 23.8 Å². The van der Waals surface area contributed by atoms with Crippen molar-refractivity contribution >= 4 is 34.5 Å². The van der Waals surface area contributed by atoms with Crippen LogP contribution in [-0.4, -0.2) is 18.6 Å². The first-order valence-corrected chi connectivity index (χ1v) is 6.15. The van der Waals surface area contributed by atoms with Crippen LogP contribution < -0.4 is 10.6 Å². The third kappa shape index (κ3) is 3.35. The van der Waals surface area contributed by atoms with Gasteiger partial charge in [0.2, 0.25) is 0 Å². The van der Waals surface area contributed by atoms with Gasteiger partial charge in [-0.15, -0.1) is 0 Å². The molecule has 0 saturated carbocycles. The fraction of sp³-hybridized carbons (Fsp3) is 0.417. The van der Waals surface area contributed by atoms with E-state index >= 15 is 0 Å². The number of halogens is 1. The second-order valence-corrected chi connectivity index (χ2v) is 4.65. The normalized spacial score (nSPS) is 10.2. The summed E-state index contributed by atoms with van der Waals surface area (Å²) in [6, 6.07) is 5.78. The minimum atomic E-state index is 0.341. The molecule has 88 valence electrons. The van der Waals surface area contributed by atoms with E-state index in [1.807, 2.05) is 18.2 Å². The number of nitrogens with zero attached hydrogens (tertiary/aromatic N) is 1. The number of benzene rings is 1. The Morgan fingerprint density at radius 2 is 2.19 bits per heavy atom. The van der Waals surface area contributed by atoms with E-state index in [-0.39, 0.29) is 0 Å². The number of rotatable bonds is 5. The van der Waals surface area contributed by atoms with Crippen LogP contribution in [0, 0.1) is 0 Å². The first-order chi connectivity index (χ1) is 7.56. The van der Waals surface area contributed by atoms with Gasteiger partial charge in [-0.25, -0.2) is 0 Å². The summed E-state index contributed by atoms with van der Waals surface area (Å²) in [5, 5.41) is 0.619. The van der Waals surface area contributed by atoms with Crippen LogP contribution in [-0.2, 0) is 0 Å². The molecule has 0 amide bonds. The topological polar surface area (TPSA) is 29.3 Å². The zero-order valence-electron chi connectivity index (χ0n) is 9.66. The molecule has 0 unspecified atom stereocenters. The van der Waals surface area contributed by atoms with Crippen molar-refractivity contribution < 1.29 is 0 Å². The van der Waals surface area contributed by atoms with Crippen LogP contribution in [0.2, 0.25) is 5.02 Å². The molecule has 16 heavy (non-hydrogen) atoms. The summed E-state index contributed by atoms with van der Waals surface area (Å²) in [5.74, 6) is 0. The maximum atomic E-state index is 6.11. The molecule has 2 N–H and O–H groups in total. The van der Waals surface area contributed by atoms with Crippen molar-refractivity contribution in [1.29, 1.82) is 0 Å². The summed E-state index contributed by atoms with van der Waals surface area (Å²) in [5.41, 5.74) is 7.39. The van der Waals surface area contributed by atoms with Gasteiger partial charge in [-0.3, -0.25) is 0 Å². The highest BCUT2D eigenvalue weighted by molar-refractivity contribution is 7.80. The number of nitrogens with two attached hydrogens (primary N) is 1. The predicted octanol–water partition coefficient (Wildman–Crippen LogP) is 3.21. The highest BCUT2D eigenvalue weighted by Crippen LogP contribution is 2.23. The molecule has 0 fully saturated rings. The Morgan fingerprint density at radius 3 is 2.69 bits per heavy atom. The quantitative estimate of drug-likeness (QED) is 0.821. The van der Waals surface area contributed by atoms with Crippen LogP contribution in [0.1, 0.15) is 25.3 Å². The summed E-state index contributed by atoms with van der Waals surface area (Å²) < 4.78 is 0. The smallest absolute Gasteiger partial charge is 0.105 e. The van der Waals surface area contributed by atoms with Crippen molar-refractivity contribution in [3.05, 3.63) is 28.8 Å². The Morgan fingerprint density at radius 1 is 1.50 bits per heavy atom. The average Bonchev–Trinajstić information content (AvgIpc) is 2.25. The van der Waals surface area contributed by atoms with Crippen LogP contribution in [0.3, 0.4) is 0 Å². The van der Waals surface area contributed by atoms with Gasteiger partial charge in [0.15, 0.2) is 0 Å². The number of thiocarbonyl (C=S) groups is 1. The largest absolute Gasteiger partial charge is 0.389 e. The first kappa shape index (κ1) is 13.3. The molecule has 0 spiro atoms. The van der Waals surface area contributed by atoms with Gasteiger partial charge in [0.1, 0.15) is 4.99 Å². The average molecular weight is 257 g/mol. The van der Waals surface area contributed by atoms with Gasteiger partial charge in [-0.1, -0.05) is 37.2 Å². The number of unbranched alkanes of at least 4 members (excludes halogenated alkanes) is 1. The number of hydrogen-bond donors (Lipinski definition) is 1. The Labute approximate surface area is 107 Å².